The van der Waals surface area contributed by atoms with E-state index in [-0.39, 0.29) is 17.0 Å². The average molecular weight is 387 g/mol. The second kappa shape index (κ2) is 7.15. The van der Waals surface area contributed by atoms with Crippen LogP contribution in [0.4, 0.5) is 8.78 Å². The van der Waals surface area contributed by atoms with Crippen LogP contribution in [0.1, 0.15) is 31.3 Å². The number of carbonyl (C=O) groups excluding carboxylic acids is 1. The monoisotopic (exact) mass is 387 g/mol. The molecule has 1 amide bonds. The van der Waals surface area contributed by atoms with Crippen LogP contribution in [0.2, 0.25) is 0 Å². The molecule has 140 valence electrons. The van der Waals surface area contributed by atoms with Crippen LogP contribution >= 0.6 is 11.3 Å². The number of carbonyl (C=O) groups is 1. The average Bonchev–Trinajstić information content (AvgIpc) is 3.10. The maximum atomic E-state index is 13.9. The predicted molar refractivity (Wildman–Crippen MR) is 103 cm³/mol. The standard InChI is InChI=1S/C20H19F2N3OS/c1-20(2,3)25(4)19(26)17-11-27-18(24-17)16-8-5-12(10-23-16)14-7-6-13(21)9-15(14)22/h5-11H,1-4H3. The lowest BCUT2D eigenvalue weighted by Gasteiger charge is -2.31. The van der Waals surface area contributed by atoms with Gasteiger partial charge in [0.15, 0.2) is 0 Å². The second-order valence-electron chi connectivity index (χ2n) is 7.13. The molecule has 0 saturated heterocycles. The third-order valence-electron chi connectivity index (χ3n) is 4.26. The summed E-state index contributed by atoms with van der Waals surface area (Å²) in [6, 6.07) is 6.83. The number of halogens is 2. The number of hydrogen-bond donors (Lipinski definition) is 0. The molecule has 0 atom stereocenters. The molecule has 0 radical (unpaired) electrons. The van der Waals surface area contributed by atoms with Crippen molar-refractivity contribution in [2.75, 3.05) is 7.05 Å². The molecular formula is C20H19F2N3OS. The lowest BCUT2D eigenvalue weighted by Crippen LogP contribution is -2.42. The summed E-state index contributed by atoms with van der Waals surface area (Å²) in [5.41, 5.74) is 1.46. The van der Waals surface area contributed by atoms with Crippen molar-refractivity contribution in [3.63, 3.8) is 0 Å². The molecule has 2 aromatic heterocycles. The van der Waals surface area contributed by atoms with Crippen LogP contribution in [0.15, 0.2) is 41.9 Å². The highest BCUT2D eigenvalue weighted by atomic mass is 32.1. The predicted octanol–water partition coefficient (Wildman–Crippen LogP) is 5.02. The van der Waals surface area contributed by atoms with E-state index in [2.05, 4.69) is 9.97 Å². The number of rotatable bonds is 3. The number of nitrogens with zero attached hydrogens (tertiary/aromatic N) is 3. The second-order valence-corrected chi connectivity index (χ2v) is 7.99. The summed E-state index contributed by atoms with van der Waals surface area (Å²) in [5, 5.41) is 2.31. The molecule has 0 aliphatic rings. The quantitative estimate of drug-likeness (QED) is 0.634. The zero-order valence-electron chi connectivity index (χ0n) is 15.5. The largest absolute Gasteiger partial charge is 0.336 e. The maximum absolute atomic E-state index is 13.9. The van der Waals surface area contributed by atoms with E-state index in [4.69, 9.17) is 0 Å². The minimum atomic E-state index is -0.642. The van der Waals surface area contributed by atoms with Gasteiger partial charge in [0.1, 0.15) is 22.3 Å². The van der Waals surface area contributed by atoms with Crippen LogP contribution in [0.3, 0.4) is 0 Å². The van der Waals surface area contributed by atoms with Gasteiger partial charge in [-0.15, -0.1) is 11.3 Å². The van der Waals surface area contributed by atoms with Gasteiger partial charge in [0.2, 0.25) is 0 Å². The molecule has 27 heavy (non-hydrogen) atoms. The first-order valence-corrected chi connectivity index (χ1v) is 9.20. The molecule has 0 unspecified atom stereocenters. The molecule has 1 aromatic carbocycles. The summed E-state index contributed by atoms with van der Waals surface area (Å²) in [4.78, 5) is 22.9. The topological polar surface area (TPSA) is 46.1 Å². The van der Waals surface area contributed by atoms with Crippen molar-refractivity contribution < 1.29 is 13.6 Å². The van der Waals surface area contributed by atoms with Gasteiger partial charge in [-0.25, -0.2) is 13.8 Å². The number of hydrogen-bond acceptors (Lipinski definition) is 4. The van der Waals surface area contributed by atoms with E-state index in [1.54, 1.807) is 29.5 Å². The highest BCUT2D eigenvalue weighted by Crippen LogP contribution is 2.27. The molecule has 3 aromatic rings. The minimum Gasteiger partial charge on any atom is -0.336 e. The summed E-state index contributed by atoms with van der Waals surface area (Å²) in [7, 11) is 1.74. The van der Waals surface area contributed by atoms with Gasteiger partial charge in [0.25, 0.3) is 5.91 Å². The Bertz CT molecular complexity index is 978. The van der Waals surface area contributed by atoms with Crippen LogP contribution in [0.25, 0.3) is 21.8 Å². The summed E-state index contributed by atoms with van der Waals surface area (Å²) in [6.07, 6.45) is 1.51. The molecule has 0 aliphatic heterocycles. The molecular weight excluding hydrogens is 368 g/mol. The zero-order chi connectivity index (χ0) is 19.8. The summed E-state index contributed by atoms with van der Waals surface area (Å²) >= 11 is 1.32. The van der Waals surface area contributed by atoms with Gasteiger partial charge >= 0.3 is 0 Å². The number of aromatic nitrogens is 2. The number of pyridine rings is 1. The Hall–Kier alpha value is -2.67. The van der Waals surface area contributed by atoms with Gasteiger partial charge in [-0.3, -0.25) is 9.78 Å². The van der Waals surface area contributed by atoms with Crippen molar-refractivity contribution in [3.05, 3.63) is 59.2 Å². The first-order valence-electron chi connectivity index (χ1n) is 8.32. The van der Waals surface area contributed by atoms with E-state index in [9.17, 15) is 13.6 Å². The molecule has 0 bridgehead atoms. The highest BCUT2D eigenvalue weighted by Gasteiger charge is 2.25. The third kappa shape index (κ3) is 4.03. The first-order chi connectivity index (χ1) is 12.7. The van der Waals surface area contributed by atoms with Crippen LogP contribution in [0, 0.1) is 11.6 Å². The van der Waals surface area contributed by atoms with E-state index >= 15 is 0 Å². The fourth-order valence-electron chi connectivity index (χ4n) is 2.37. The van der Waals surface area contributed by atoms with Crippen molar-refractivity contribution >= 4 is 17.2 Å². The molecule has 3 rings (SSSR count). The lowest BCUT2D eigenvalue weighted by atomic mass is 10.1. The van der Waals surface area contributed by atoms with E-state index in [1.807, 2.05) is 20.8 Å². The summed E-state index contributed by atoms with van der Waals surface area (Å²) < 4.78 is 27.0. The molecule has 2 heterocycles. The van der Waals surface area contributed by atoms with E-state index in [0.29, 0.717) is 22.0 Å². The smallest absolute Gasteiger partial charge is 0.273 e. The zero-order valence-corrected chi connectivity index (χ0v) is 16.3. The fourth-order valence-corrected chi connectivity index (χ4v) is 3.14. The Morgan fingerprint density at radius 1 is 1.15 bits per heavy atom. The van der Waals surface area contributed by atoms with Gasteiger partial charge in [-0.2, -0.15) is 0 Å². The van der Waals surface area contributed by atoms with Gasteiger partial charge in [0.05, 0.1) is 5.69 Å². The molecule has 0 N–H and O–H groups in total. The normalized spacial score (nSPS) is 11.5. The molecule has 0 fully saturated rings. The molecule has 0 spiro atoms. The van der Waals surface area contributed by atoms with Gasteiger partial charge in [-0.05, 0) is 39.0 Å². The van der Waals surface area contributed by atoms with Gasteiger partial charge in [0, 0.05) is 41.4 Å². The Balaban J connectivity index is 1.84. The molecule has 0 aliphatic carbocycles. The van der Waals surface area contributed by atoms with Crippen LogP contribution in [0.5, 0.6) is 0 Å². The van der Waals surface area contributed by atoms with Crippen molar-refractivity contribution in [2.24, 2.45) is 0 Å². The molecule has 0 saturated carbocycles. The molecule has 4 nitrogen and oxygen atoms in total. The van der Waals surface area contributed by atoms with Crippen LogP contribution in [-0.2, 0) is 0 Å². The fraction of sp³-hybridized carbons (Fsp3) is 0.250. The summed E-state index contributed by atoms with van der Waals surface area (Å²) in [6.45, 7) is 5.85. The Morgan fingerprint density at radius 2 is 1.89 bits per heavy atom. The van der Waals surface area contributed by atoms with E-state index in [1.165, 1.54) is 29.7 Å². The summed E-state index contributed by atoms with van der Waals surface area (Å²) in [5.74, 6) is -1.42. The Morgan fingerprint density at radius 3 is 2.48 bits per heavy atom. The van der Waals surface area contributed by atoms with Crippen molar-refractivity contribution in [1.29, 1.82) is 0 Å². The van der Waals surface area contributed by atoms with Crippen molar-refractivity contribution in [2.45, 2.75) is 26.3 Å². The Labute approximate surface area is 160 Å². The van der Waals surface area contributed by atoms with Crippen LogP contribution in [-0.4, -0.2) is 33.4 Å². The van der Waals surface area contributed by atoms with E-state index in [0.717, 1.165) is 6.07 Å². The van der Waals surface area contributed by atoms with Gasteiger partial charge < -0.3 is 4.90 Å². The van der Waals surface area contributed by atoms with Crippen molar-refractivity contribution in [3.8, 4) is 21.8 Å². The van der Waals surface area contributed by atoms with Crippen molar-refractivity contribution in [1.82, 2.24) is 14.9 Å². The number of benzene rings is 1. The first kappa shape index (κ1) is 19.1. The van der Waals surface area contributed by atoms with Crippen LogP contribution < -0.4 is 0 Å². The maximum Gasteiger partial charge on any atom is 0.273 e. The third-order valence-corrected chi connectivity index (χ3v) is 5.12. The SMILES string of the molecule is CN(C(=O)c1csc(-c2ccc(-c3ccc(F)cc3F)cn2)n1)C(C)(C)C. The Kier molecular flexibility index (Phi) is 5.06. The highest BCUT2D eigenvalue weighted by molar-refractivity contribution is 7.13. The number of thiazole rings is 1. The van der Waals surface area contributed by atoms with E-state index < -0.39 is 11.6 Å². The lowest BCUT2D eigenvalue weighted by molar-refractivity contribution is 0.0650. The number of amides is 1. The van der Waals surface area contributed by atoms with Gasteiger partial charge in [-0.1, -0.05) is 6.07 Å². The minimum absolute atomic E-state index is 0.157. The molecule has 7 heteroatoms.